The van der Waals surface area contributed by atoms with E-state index in [0.29, 0.717) is 6.04 Å². The molecule has 1 heterocycles. The van der Waals surface area contributed by atoms with Crippen LogP contribution in [0.5, 0.6) is 0 Å². The molecule has 1 saturated carbocycles. The van der Waals surface area contributed by atoms with Crippen molar-refractivity contribution in [2.45, 2.75) is 44.1 Å². The van der Waals surface area contributed by atoms with E-state index in [1.807, 2.05) is 18.2 Å². The third-order valence-electron chi connectivity index (χ3n) is 4.93. The minimum absolute atomic E-state index is 0.238. The van der Waals surface area contributed by atoms with E-state index in [4.69, 9.17) is 0 Å². The molecule has 0 amide bonds. The molecule has 1 aromatic carbocycles. The van der Waals surface area contributed by atoms with Crippen molar-refractivity contribution in [1.82, 2.24) is 0 Å². The molecule has 1 aliphatic heterocycles. The Bertz CT molecular complexity index is 531. The van der Waals surface area contributed by atoms with Crippen LogP contribution in [0, 0.1) is 5.92 Å². The molecule has 3 atom stereocenters. The first-order valence-corrected chi connectivity index (χ1v) is 8.14. The third-order valence-corrected chi connectivity index (χ3v) is 5.57. The van der Waals surface area contributed by atoms with Crippen LogP contribution in [-0.4, -0.2) is 24.2 Å². The van der Waals surface area contributed by atoms with Crippen LogP contribution in [0.15, 0.2) is 22.7 Å². The molecule has 4 heteroatoms. The number of hydrogen-bond donors (Lipinski definition) is 1. The first kappa shape index (κ1) is 13.9. The van der Waals surface area contributed by atoms with E-state index >= 15 is 0 Å². The molecule has 0 aromatic heterocycles. The molecule has 1 fully saturated rings. The summed E-state index contributed by atoms with van der Waals surface area (Å²) in [5, 5.41) is 9.76. The Morgan fingerprint density at radius 1 is 1.30 bits per heavy atom. The van der Waals surface area contributed by atoms with Gasteiger partial charge in [-0.1, -0.05) is 31.4 Å². The lowest BCUT2D eigenvalue weighted by Gasteiger charge is -2.44. The number of nitrogens with zero attached hydrogens (tertiary/aromatic N) is 1. The Morgan fingerprint density at radius 2 is 2.05 bits per heavy atom. The van der Waals surface area contributed by atoms with Crippen LogP contribution in [0.4, 0.5) is 5.69 Å². The van der Waals surface area contributed by atoms with Crippen molar-refractivity contribution in [3.8, 4) is 0 Å². The normalized spacial score (nSPS) is 29.3. The Hall–Kier alpha value is -1.03. The van der Waals surface area contributed by atoms with Crippen LogP contribution >= 0.6 is 15.9 Å². The molecule has 20 heavy (non-hydrogen) atoms. The molecule has 3 rings (SSSR count). The van der Waals surface area contributed by atoms with E-state index in [2.05, 4.69) is 27.9 Å². The summed E-state index contributed by atoms with van der Waals surface area (Å²) in [6.07, 6.45) is 5.72. The SMILES string of the molecule is CN1c2c(Br)cccc2C(C(=O)O)C2CCCCCC21. The largest absolute Gasteiger partial charge is 0.481 e. The van der Waals surface area contributed by atoms with E-state index in [9.17, 15) is 9.90 Å². The summed E-state index contributed by atoms with van der Waals surface area (Å²) in [6, 6.07) is 6.29. The van der Waals surface area contributed by atoms with E-state index in [-0.39, 0.29) is 11.8 Å². The van der Waals surface area contributed by atoms with Gasteiger partial charge in [0.15, 0.2) is 0 Å². The molecule has 1 N–H and O–H groups in total. The minimum atomic E-state index is -0.672. The molecule has 2 aliphatic rings. The van der Waals surface area contributed by atoms with E-state index < -0.39 is 5.97 Å². The number of para-hydroxylation sites is 1. The molecule has 0 bridgehead atoms. The molecular weight excluding hydrogens is 318 g/mol. The highest BCUT2D eigenvalue weighted by atomic mass is 79.9. The number of carbonyl (C=O) groups is 1. The van der Waals surface area contributed by atoms with Crippen molar-refractivity contribution < 1.29 is 9.90 Å². The number of fused-ring (bicyclic) bond motifs is 2. The number of rotatable bonds is 1. The molecule has 1 aromatic rings. The highest BCUT2D eigenvalue weighted by Gasteiger charge is 2.43. The predicted molar refractivity (Wildman–Crippen MR) is 83.3 cm³/mol. The van der Waals surface area contributed by atoms with Crippen molar-refractivity contribution in [1.29, 1.82) is 0 Å². The molecular formula is C16H20BrNO2. The zero-order valence-electron chi connectivity index (χ0n) is 11.7. The fourth-order valence-electron chi connectivity index (χ4n) is 4.05. The molecule has 108 valence electrons. The standard InChI is InChI=1S/C16H20BrNO2/c1-18-13-9-4-2-3-6-10(13)14(16(19)20)11-7-5-8-12(17)15(11)18/h5,7-8,10,13-14H,2-4,6,9H2,1H3,(H,19,20). The molecule has 0 radical (unpaired) electrons. The lowest BCUT2D eigenvalue weighted by molar-refractivity contribution is -0.140. The average molecular weight is 338 g/mol. The third kappa shape index (κ3) is 2.14. The summed E-state index contributed by atoms with van der Waals surface area (Å²) in [5.41, 5.74) is 2.04. The minimum Gasteiger partial charge on any atom is -0.481 e. The van der Waals surface area contributed by atoms with Gasteiger partial charge in [0.2, 0.25) is 0 Å². The highest BCUT2D eigenvalue weighted by molar-refractivity contribution is 9.10. The quantitative estimate of drug-likeness (QED) is 0.841. The monoisotopic (exact) mass is 337 g/mol. The summed E-state index contributed by atoms with van der Waals surface area (Å²) in [6.45, 7) is 0. The Balaban J connectivity index is 2.14. The number of carboxylic acids is 1. The van der Waals surface area contributed by atoms with Gasteiger partial charge in [-0.25, -0.2) is 0 Å². The summed E-state index contributed by atoms with van der Waals surface area (Å²) in [4.78, 5) is 14.2. The van der Waals surface area contributed by atoms with Crippen LogP contribution in [0.2, 0.25) is 0 Å². The average Bonchev–Trinajstić information content (AvgIpc) is 2.64. The second-order valence-electron chi connectivity index (χ2n) is 5.97. The summed E-state index contributed by atoms with van der Waals surface area (Å²) in [7, 11) is 2.12. The van der Waals surface area contributed by atoms with Crippen molar-refractivity contribution >= 4 is 27.6 Å². The number of aliphatic carboxylic acids is 1. The van der Waals surface area contributed by atoms with Gasteiger partial charge in [-0.3, -0.25) is 4.79 Å². The van der Waals surface area contributed by atoms with Crippen molar-refractivity contribution in [3.05, 3.63) is 28.2 Å². The Morgan fingerprint density at radius 3 is 2.80 bits per heavy atom. The number of carboxylic acid groups (broad SMARTS) is 1. The molecule has 3 nitrogen and oxygen atoms in total. The molecule has 0 spiro atoms. The van der Waals surface area contributed by atoms with Crippen LogP contribution in [0.1, 0.15) is 43.6 Å². The summed E-state index contributed by atoms with van der Waals surface area (Å²) in [5.74, 6) is -0.794. The Labute approximate surface area is 128 Å². The van der Waals surface area contributed by atoms with Gasteiger partial charge >= 0.3 is 5.97 Å². The maximum atomic E-state index is 11.9. The van der Waals surface area contributed by atoms with Gasteiger partial charge in [0.1, 0.15) is 0 Å². The van der Waals surface area contributed by atoms with Gasteiger partial charge in [-0.15, -0.1) is 0 Å². The first-order chi connectivity index (χ1) is 9.61. The zero-order chi connectivity index (χ0) is 14.3. The maximum absolute atomic E-state index is 11.9. The summed E-state index contributed by atoms with van der Waals surface area (Å²) >= 11 is 3.60. The lowest BCUT2D eigenvalue weighted by Crippen LogP contribution is -2.46. The topological polar surface area (TPSA) is 40.5 Å². The lowest BCUT2D eigenvalue weighted by atomic mass is 9.74. The van der Waals surface area contributed by atoms with Gasteiger partial charge < -0.3 is 10.0 Å². The van der Waals surface area contributed by atoms with Gasteiger partial charge in [0, 0.05) is 17.6 Å². The van der Waals surface area contributed by atoms with Gasteiger partial charge in [-0.2, -0.15) is 0 Å². The van der Waals surface area contributed by atoms with E-state index in [1.54, 1.807) is 0 Å². The number of benzene rings is 1. The first-order valence-electron chi connectivity index (χ1n) is 7.35. The number of anilines is 1. The summed E-state index contributed by atoms with van der Waals surface area (Å²) < 4.78 is 1.01. The smallest absolute Gasteiger partial charge is 0.311 e. The maximum Gasteiger partial charge on any atom is 0.311 e. The fraction of sp³-hybridized carbons (Fsp3) is 0.562. The number of halogens is 1. The van der Waals surface area contributed by atoms with Crippen molar-refractivity contribution in [2.24, 2.45) is 5.92 Å². The van der Waals surface area contributed by atoms with Crippen LogP contribution in [-0.2, 0) is 4.79 Å². The van der Waals surface area contributed by atoms with Crippen LogP contribution in [0.3, 0.4) is 0 Å². The fourth-order valence-corrected chi connectivity index (χ4v) is 4.72. The van der Waals surface area contributed by atoms with E-state index in [0.717, 1.165) is 35.0 Å². The highest BCUT2D eigenvalue weighted by Crippen LogP contribution is 2.48. The second-order valence-corrected chi connectivity index (χ2v) is 6.83. The number of hydrogen-bond acceptors (Lipinski definition) is 2. The van der Waals surface area contributed by atoms with Crippen molar-refractivity contribution in [2.75, 3.05) is 11.9 Å². The molecule has 3 unspecified atom stereocenters. The predicted octanol–water partition coefficient (Wildman–Crippen LogP) is 4.02. The zero-order valence-corrected chi connectivity index (χ0v) is 13.3. The molecule has 0 saturated heterocycles. The van der Waals surface area contributed by atoms with Crippen LogP contribution in [0.25, 0.3) is 0 Å². The van der Waals surface area contributed by atoms with Gasteiger partial charge in [0.05, 0.1) is 11.6 Å². The van der Waals surface area contributed by atoms with Crippen LogP contribution < -0.4 is 4.90 Å². The van der Waals surface area contributed by atoms with Gasteiger partial charge in [-0.05, 0) is 46.3 Å². The van der Waals surface area contributed by atoms with E-state index in [1.165, 1.54) is 12.8 Å². The Kier molecular flexibility index (Phi) is 3.76. The van der Waals surface area contributed by atoms with Gasteiger partial charge in [0.25, 0.3) is 0 Å². The van der Waals surface area contributed by atoms with Crippen molar-refractivity contribution in [3.63, 3.8) is 0 Å². The molecule has 1 aliphatic carbocycles. The second kappa shape index (κ2) is 5.40.